The van der Waals surface area contributed by atoms with E-state index < -0.39 is 0 Å². The highest BCUT2D eigenvalue weighted by molar-refractivity contribution is 5.84. The predicted octanol–water partition coefficient (Wildman–Crippen LogP) is 1.82. The van der Waals surface area contributed by atoms with Gasteiger partial charge in [0.15, 0.2) is 0 Å². The zero-order valence-electron chi connectivity index (χ0n) is 10.4. The van der Waals surface area contributed by atoms with Crippen LogP contribution in [0.15, 0.2) is 18.2 Å². The van der Waals surface area contributed by atoms with Gasteiger partial charge >= 0.3 is 0 Å². The summed E-state index contributed by atoms with van der Waals surface area (Å²) in [5, 5.41) is 0.853. The number of pyridine rings is 1. The first-order valence-corrected chi connectivity index (χ1v) is 6.18. The van der Waals surface area contributed by atoms with E-state index in [0.717, 1.165) is 36.2 Å². The van der Waals surface area contributed by atoms with Crippen LogP contribution < -0.4 is 5.73 Å². The highest BCUT2D eigenvalue weighted by atomic mass is 19.1. The maximum absolute atomic E-state index is 13.8. The molecule has 2 N–H and O–H groups in total. The maximum Gasteiger partial charge on any atom is 0.149 e. The third-order valence-electron chi connectivity index (χ3n) is 3.63. The van der Waals surface area contributed by atoms with Gasteiger partial charge < -0.3 is 10.6 Å². The molecular formula is C14H16FN3. The van der Waals surface area contributed by atoms with Crippen LogP contribution in [0.1, 0.15) is 16.8 Å². The number of benzene rings is 1. The van der Waals surface area contributed by atoms with E-state index in [0.29, 0.717) is 12.1 Å². The molecule has 0 saturated heterocycles. The van der Waals surface area contributed by atoms with E-state index in [-0.39, 0.29) is 5.82 Å². The smallest absolute Gasteiger partial charge is 0.149 e. The minimum atomic E-state index is -0.260. The Bertz CT molecular complexity index is 610. The normalized spacial score (nSPS) is 15.9. The Hall–Kier alpha value is -1.52. The fourth-order valence-electron chi connectivity index (χ4n) is 2.68. The van der Waals surface area contributed by atoms with Crippen molar-refractivity contribution in [3.63, 3.8) is 0 Å². The average molecular weight is 245 g/mol. The van der Waals surface area contributed by atoms with Gasteiger partial charge in [0.2, 0.25) is 0 Å². The lowest BCUT2D eigenvalue weighted by molar-refractivity contribution is 0.309. The van der Waals surface area contributed by atoms with Crippen LogP contribution in [0.4, 0.5) is 4.39 Å². The van der Waals surface area contributed by atoms with Crippen molar-refractivity contribution in [2.75, 3.05) is 13.6 Å². The van der Waals surface area contributed by atoms with Crippen molar-refractivity contribution in [2.24, 2.45) is 5.73 Å². The summed E-state index contributed by atoms with van der Waals surface area (Å²) in [4.78, 5) is 6.75. The fraction of sp³-hybridized carbons (Fsp3) is 0.357. The lowest BCUT2D eigenvalue weighted by Crippen LogP contribution is -2.29. The molecule has 2 heterocycles. The van der Waals surface area contributed by atoms with Crippen molar-refractivity contribution in [1.29, 1.82) is 0 Å². The van der Waals surface area contributed by atoms with Gasteiger partial charge in [0.1, 0.15) is 11.3 Å². The third-order valence-corrected chi connectivity index (χ3v) is 3.63. The number of nitrogens with zero attached hydrogens (tertiary/aromatic N) is 2. The minimum Gasteiger partial charge on any atom is -0.326 e. The SMILES string of the molecule is CN1CCc2nc3c(F)cccc3c(CN)c2C1. The fourth-order valence-corrected chi connectivity index (χ4v) is 2.68. The van der Waals surface area contributed by atoms with Gasteiger partial charge in [-0.15, -0.1) is 0 Å². The molecule has 0 amide bonds. The number of halogens is 1. The molecule has 3 rings (SSSR count). The van der Waals surface area contributed by atoms with E-state index in [2.05, 4.69) is 16.9 Å². The highest BCUT2D eigenvalue weighted by Crippen LogP contribution is 2.28. The highest BCUT2D eigenvalue weighted by Gasteiger charge is 2.20. The number of likely N-dealkylation sites (N-methyl/N-ethyl adjacent to an activating group) is 1. The first kappa shape index (κ1) is 11.6. The lowest BCUT2D eigenvalue weighted by atomic mass is 9.96. The summed E-state index contributed by atoms with van der Waals surface area (Å²) >= 11 is 0. The topological polar surface area (TPSA) is 42.2 Å². The number of para-hydroxylation sites is 1. The van der Waals surface area contributed by atoms with Crippen molar-refractivity contribution >= 4 is 10.9 Å². The van der Waals surface area contributed by atoms with E-state index in [1.54, 1.807) is 6.07 Å². The zero-order chi connectivity index (χ0) is 12.7. The van der Waals surface area contributed by atoms with Gasteiger partial charge in [-0.3, -0.25) is 0 Å². The monoisotopic (exact) mass is 245 g/mol. The molecule has 0 atom stereocenters. The molecule has 0 spiro atoms. The standard InChI is InChI=1S/C14H16FN3/c1-18-6-5-13-11(8-18)10(7-16)9-3-2-4-12(15)14(9)17-13/h2-4H,5-8,16H2,1H3. The second-order valence-corrected chi connectivity index (χ2v) is 4.84. The van der Waals surface area contributed by atoms with Crippen molar-refractivity contribution < 1.29 is 4.39 Å². The van der Waals surface area contributed by atoms with Crippen LogP contribution in [0.2, 0.25) is 0 Å². The summed E-state index contributed by atoms with van der Waals surface area (Å²) < 4.78 is 13.8. The molecule has 2 aromatic rings. The van der Waals surface area contributed by atoms with Crippen LogP contribution in [0.25, 0.3) is 10.9 Å². The van der Waals surface area contributed by atoms with Gasteiger partial charge in [0.05, 0.1) is 0 Å². The number of rotatable bonds is 1. The van der Waals surface area contributed by atoms with Crippen LogP contribution in [0.3, 0.4) is 0 Å². The summed E-state index contributed by atoms with van der Waals surface area (Å²) in [5.41, 5.74) is 9.56. The van der Waals surface area contributed by atoms with E-state index >= 15 is 0 Å². The average Bonchev–Trinajstić information content (AvgIpc) is 2.37. The molecule has 3 nitrogen and oxygen atoms in total. The van der Waals surface area contributed by atoms with E-state index in [9.17, 15) is 4.39 Å². The number of aromatic nitrogens is 1. The Morgan fingerprint density at radius 1 is 1.44 bits per heavy atom. The Morgan fingerprint density at radius 2 is 2.28 bits per heavy atom. The number of hydrogen-bond donors (Lipinski definition) is 1. The third kappa shape index (κ3) is 1.69. The van der Waals surface area contributed by atoms with E-state index in [1.807, 2.05) is 6.07 Å². The first-order valence-electron chi connectivity index (χ1n) is 6.18. The number of fused-ring (bicyclic) bond motifs is 2. The van der Waals surface area contributed by atoms with Crippen molar-refractivity contribution in [3.8, 4) is 0 Å². The van der Waals surface area contributed by atoms with Gasteiger partial charge in [0, 0.05) is 37.1 Å². The van der Waals surface area contributed by atoms with Gasteiger partial charge in [-0.25, -0.2) is 9.37 Å². The second-order valence-electron chi connectivity index (χ2n) is 4.84. The molecule has 0 radical (unpaired) electrons. The summed E-state index contributed by atoms with van der Waals surface area (Å²) in [6.45, 7) is 2.24. The van der Waals surface area contributed by atoms with Gasteiger partial charge in [0.25, 0.3) is 0 Å². The number of hydrogen-bond acceptors (Lipinski definition) is 3. The summed E-state index contributed by atoms with van der Waals surface area (Å²) in [6.07, 6.45) is 0.864. The van der Waals surface area contributed by atoms with E-state index in [4.69, 9.17) is 5.73 Å². The van der Waals surface area contributed by atoms with Crippen molar-refractivity contribution in [3.05, 3.63) is 40.8 Å². The molecule has 0 bridgehead atoms. The van der Waals surface area contributed by atoms with Crippen LogP contribution in [-0.2, 0) is 19.5 Å². The van der Waals surface area contributed by atoms with Crippen LogP contribution in [0.5, 0.6) is 0 Å². The van der Waals surface area contributed by atoms with Crippen molar-refractivity contribution in [1.82, 2.24) is 9.88 Å². The summed E-state index contributed by atoms with van der Waals surface area (Å²) in [6, 6.07) is 5.08. The summed E-state index contributed by atoms with van der Waals surface area (Å²) in [7, 11) is 2.08. The molecule has 0 aliphatic carbocycles. The Kier molecular flexibility index (Phi) is 2.76. The second kappa shape index (κ2) is 4.30. The van der Waals surface area contributed by atoms with Crippen LogP contribution in [0, 0.1) is 5.82 Å². The Labute approximate surface area is 105 Å². The van der Waals surface area contributed by atoms with Crippen molar-refractivity contribution in [2.45, 2.75) is 19.5 Å². The molecule has 4 heteroatoms. The Balaban J connectivity index is 2.34. The molecule has 1 aliphatic rings. The quantitative estimate of drug-likeness (QED) is 0.833. The largest absolute Gasteiger partial charge is 0.326 e. The van der Waals surface area contributed by atoms with Gasteiger partial charge in [-0.1, -0.05) is 12.1 Å². The lowest BCUT2D eigenvalue weighted by Gasteiger charge is -2.27. The zero-order valence-corrected chi connectivity index (χ0v) is 10.4. The molecule has 0 saturated carbocycles. The molecule has 1 aromatic carbocycles. The van der Waals surface area contributed by atoms with Gasteiger partial charge in [-0.05, 0) is 24.2 Å². The molecule has 1 aromatic heterocycles. The predicted molar refractivity (Wildman–Crippen MR) is 69.6 cm³/mol. The molecule has 18 heavy (non-hydrogen) atoms. The van der Waals surface area contributed by atoms with Gasteiger partial charge in [-0.2, -0.15) is 0 Å². The molecule has 94 valence electrons. The molecule has 1 aliphatic heterocycles. The van der Waals surface area contributed by atoms with Crippen LogP contribution in [-0.4, -0.2) is 23.5 Å². The molecule has 0 unspecified atom stereocenters. The van der Waals surface area contributed by atoms with Crippen LogP contribution >= 0.6 is 0 Å². The molecule has 0 fully saturated rings. The Morgan fingerprint density at radius 3 is 3.06 bits per heavy atom. The number of nitrogens with two attached hydrogens (primary N) is 1. The molecular weight excluding hydrogens is 229 g/mol. The maximum atomic E-state index is 13.8. The minimum absolute atomic E-state index is 0.260. The first-order chi connectivity index (χ1) is 8.70. The summed E-state index contributed by atoms with van der Waals surface area (Å²) in [5.74, 6) is -0.260. The van der Waals surface area contributed by atoms with E-state index in [1.165, 1.54) is 11.6 Å².